The molecule has 4 heterocycles. The molecular formula is C22H17N5O3. The molecule has 1 N–H and O–H groups in total. The van der Waals surface area contributed by atoms with E-state index in [9.17, 15) is 4.79 Å². The van der Waals surface area contributed by atoms with Gasteiger partial charge in [-0.2, -0.15) is 0 Å². The molecule has 1 aliphatic heterocycles. The van der Waals surface area contributed by atoms with E-state index in [0.29, 0.717) is 41.7 Å². The van der Waals surface area contributed by atoms with Crippen LogP contribution in [0, 0.1) is 0 Å². The number of aromatic nitrogens is 5. The fraction of sp³-hybridized carbons (Fsp3) is 0.136. The molecule has 0 saturated heterocycles. The number of hydrogen-bond donors (Lipinski definition) is 1. The number of H-pyrrole nitrogens is 1. The molecular weight excluding hydrogens is 382 g/mol. The molecule has 148 valence electrons. The maximum atomic E-state index is 12.7. The van der Waals surface area contributed by atoms with Crippen LogP contribution in [0.4, 0.5) is 0 Å². The van der Waals surface area contributed by atoms with E-state index in [1.165, 1.54) is 0 Å². The molecule has 8 nitrogen and oxygen atoms in total. The summed E-state index contributed by atoms with van der Waals surface area (Å²) in [6.07, 6.45) is 7.62. The van der Waals surface area contributed by atoms with E-state index in [1.54, 1.807) is 48.9 Å². The number of hydrogen-bond acceptors (Lipinski definition) is 7. The number of carbonyl (C=O) groups is 1. The first-order valence-electron chi connectivity index (χ1n) is 9.49. The van der Waals surface area contributed by atoms with E-state index in [1.807, 2.05) is 12.1 Å². The van der Waals surface area contributed by atoms with Crippen LogP contribution in [-0.2, 0) is 4.74 Å². The summed E-state index contributed by atoms with van der Waals surface area (Å²) in [6.45, 7) is 1.20. The van der Waals surface area contributed by atoms with Gasteiger partial charge in [0.25, 0.3) is 0 Å². The fourth-order valence-corrected chi connectivity index (χ4v) is 3.24. The van der Waals surface area contributed by atoms with E-state index >= 15 is 0 Å². The lowest BCUT2D eigenvalue weighted by Gasteiger charge is -2.15. The fourth-order valence-electron chi connectivity index (χ4n) is 3.24. The normalized spacial score (nSPS) is 13.8. The lowest BCUT2D eigenvalue weighted by atomic mass is 10.1. The number of pyridine rings is 1. The van der Waals surface area contributed by atoms with Gasteiger partial charge in [0.15, 0.2) is 11.5 Å². The van der Waals surface area contributed by atoms with Gasteiger partial charge in [-0.3, -0.25) is 4.79 Å². The molecule has 4 aromatic rings. The standard InChI is InChI=1S/C22H17N5O3/c28-19(21-26-17-2-1-9-24-20(17)27-21)15-3-5-16(6-4-15)30-22-18(23-10-11-25-22)14-7-12-29-13-8-14/h1-7,9-11H,8,12-13H2,(H,24,26,27). The zero-order chi connectivity index (χ0) is 20.3. The predicted molar refractivity (Wildman–Crippen MR) is 109 cm³/mol. The minimum atomic E-state index is -0.216. The van der Waals surface area contributed by atoms with Crippen LogP contribution in [0.1, 0.15) is 28.3 Å². The summed E-state index contributed by atoms with van der Waals surface area (Å²) in [7, 11) is 0. The molecule has 5 rings (SSSR count). The molecule has 0 fully saturated rings. The molecule has 30 heavy (non-hydrogen) atoms. The van der Waals surface area contributed by atoms with Crippen LogP contribution in [0.5, 0.6) is 11.6 Å². The summed E-state index contributed by atoms with van der Waals surface area (Å²) in [4.78, 5) is 32.9. The second kappa shape index (κ2) is 7.84. The van der Waals surface area contributed by atoms with E-state index < -0.39 is 0 Å². The summed E-state index contributed by atoms with van der Waals surface area (Å²) >= 11 is 0. The summed E-state index contributed by atoms with van der Waals surface area (Å²) < 4.78 is 11.3. The van der Waals surface area contributed by atoms with Crippen molar-refractivity contribution < 1.29 is 14.3 Å². The Kier molecular flexibility index (Phi) is 4.74. The van der Waals surface area contributed by atoms with Crippen LogP contribution >= 0.6 is 0 Å². The van der Waals surface area contributed by atoms with Crippen molar-refractivity contribution in [2.45, 2.75) is 6.42 Å². The van der Waals surface area contributed by atoms with Crippen LogP contribution < -0.4 is 4.74 Å². The maximum Gasteiger partial charge on any atom is 0.245 e. The van der Waals surface area contributed by atoms with Crippen molar-refractivity contribution in [3.05, 3.63) is 78.1 Å². The number of nitrogens with zero attached hydrogens (tertiary/aromatic N) is 4. The molecule has 0 unspecified atom stereocenters. The zero-order valence-corrected chi connectivity index (χ0v) is 15.9. The van der Waals surface area contributed by atoms with Crippen molar-refractivity contribution >= 4 is 22.5 Å². The number of ketones is 1. The van der Waals surface area contributed by atoms with Crippen molar-refractivity contribution in [2.75, 3.05) is 13.2 Å². The van der Waals surface area contributed by atoms with Gasteiger partial charge in [0.2, 0.25) is 11.7 Å². The third-order valence-electron chi connectivity index (χ3n) is 4.74. The summed E-state index contributed by atoms with van der Waals surface area (Å²) in [6, 6.07) is 10.5. The topological polar surface area (TPSA) is 103 Å². The molecule has 0 spiro atoms. The zero-order valence-electron chi connectivity index (χ0n) is 15.9. The molecule has 0 amide bonds. The Bertz CT molecular complexity index is 1210. The van der Waals surface area contributed by atoms with E-state index in [-0.39, 0.29) is 11.6 Å². The summed E-state index contributed by atoms with van der Waals surface area (Å²) in [5.41, 5.74) is 3.48. The van der Waals surface area contributed by atoms with E-state index in [0.717, 1.165) is 17.5 Å². The Morgan fingerprint density at radius 3 is 2.70 bits per heavy atom. The van der Waals surface area contributed by atoms with E-state index in [4.69, 9.17) is 9.47 Å². The highest BCUT2D eigenvalue weighted by Crippen LogP contribution is 2.29. The molecule has 0 bridgehead atoms. The third-order valence-corrected chi connectivity index (χ3v) is 4.74. The smallest absolute Gasteiger partial charge is 0.245 e. The van der Waals surface area contributed by atoms with Gasteiger partial charge in [0, 0.05) is 24.2 Å². The van der Waals surface area contributed by atoms with Crippen molar-refractivity contribution in [1.29, 1.82) is 0 Å². The molecule has 1 aliphatic rings. The van der Waals surface area contributed by atoms with Crippen LogP contribution in [0.25, 0.3) is 16.7 Å². The van der Waals surface area contributed by atoms with Crippen molar-refractivity contribution in [3.63, 3.8) is 0 Å². The molecule has 0 aliphatic carbocycles. The monoisotopic (exact) mass is 399 g/mol. The van der Waals surface area contributed by atoms with Crippen molar-refractivity contribution in [2.24, 2.45) is 0 Å². The van der Waals surface area contributed by atoms with Gasteiger partial charge in [-0.1, -0.05) is 6.08 Å². The Morgan fingerprint density at radius 2 is 1.90 bits per heavy atom. The lowest BCUT2D eigenvalue weighted by molar-refractivity contribution is 0.103. The first kappa shape index (κ1) is 18.1. The Hall–Kier alpha value is -3.91. The SMILES string of the molecule is O=C(c1ccc(Oc2nccnc2C2=CCOCC2)cc1)c1nc2ncccc2[nH]1. The van der Waals surface area contributed by atoms with Crippen LogP contribution in [-0.4, -0.2) is 43.9 Å². The number of carbonyl (C=O) groups excluding carboxylic acids is 1. The third kappa shape index (κ3) is 3.56. The number of aromatic amines is 1. The van der Waals surface area contributed by atoms with Crippen molar-refractivity contribution in [3.8, 4) is 11.6 Å². The molecule has 0 saturated carbocycles. The molecule has 8 heteroatoms. The van der Waals surface area contributed by atoms with Crippen LogP contribution in [0.2, 0.25) is 0 Å². The number of fused-ring (bicyclic) bond motifs is 1. The van der Waals surface area contributed by atoms with Gasteiger partial charge in [0.1, 0.15) is 11.4 Å². The van der Waals surface area contributed by atoms with Gasteiger partial charge in [-0.05, 0) is 48.4 Å². The lowest BCUT2D eigenvalue weighted by Crippen LogP contribution is -2.06. The average molecular weight is 399 g/mol. The Balaban J connectivity index is 1.37. The van der Waals surface area contributed by atoms with Gasteiger partial charge in [-0.15, -0.1) is 0 Å². The van der Waals surface area contributed by atoms with Gasteiger partial charge < -0.3 is 14.5 Å². The van der Waals surface area contributed by atoms with Crippen molar-refractivity contribution in [1.82, 2.24) is 24.9 Å². The number of rotatable bonds is 5. The largest absolute Gasteiger partial charge is 0.437 e. The minimum absolute atomic E-state index is 0.216. The molecule has 3 aromatic heterocycles. The van der Waals surface area contributed by atoms with E-state index in [2.05, 4.69) is 24.9 Å². The highest BCUT2D eigenvalue weighted by molar-refractivity contribution is 6.07. The van der Waals surface area contributed by atoms with Crippen LogP contribution in [0.15, 0.2) is 61.1 Å². The molecule has 1 aromatic carbocycles. The second-order valence-corrected chi connectivity index (χ2v) is 6.68. The van der Waals surface area contributed by atoms with Gasteiger partial charge >= 0.3 is 0 Å². The van der Waals surface area contributed by atoms with Crippen LogP contribution in [0.3, 0.4) is 0 Å². The summed E-state index contributed by atoms with van der Waals surface area (Å²) in [5.74, 6) is 1.02. The minimum Gasteiger partial charge on any atom is -0.437 e. The average Bonchev–Trinajstić information content (AvgIpc) is 3.24. The number of benzene rings is 1. The number of imidazole rings is 1. The molecule has 0 atom stereocenters. The first-order valence-corrected chi connectivity index (χ1v) is 9.49. The highest BCUT2D eigenvalue weighted by Gasteiger charge is 2.17. The highest BCUT2D eigenvalue weighted by atomic mass is 16.5. The second-order valence-electron chi connectivity index (χ2n) is 6.68. The van der Waals surface area contributed by atoms with Gasteiger partial charge in [-0.25, -0.2) is 19.9 Å². The maximum absolute atomic E-state index is 12.7. The Labute approximate surface area is 171 Å². The summed E-state index contributed by atoms with van der Waals surface area (Å²) in [5, 5.41) is 0. The quantitative estimate of drug-likeness (QED) is 0.512. The number of nitrogens with one attached hydrogen (secondary N) is 1. The molecule has 0 radical (unpaired) electrons. The first-order chi connectivity index (χ1) is 14.8. The van der Waals surface area contributed by atoms with Gasteiger partial charge in [0.05, 0.1) is 18.7 Å². The number of ether oxygens (including phenoxy) is 2. The Morgan fingerprint density at radius 1 is 1.03 bits per heavy atom. The predicted octanol–water partition coefficient (Wildman–Crippen LogP) is 3.57.